The van der Waals surface area contributed by atoms with E-state index in [1.165, 1.54) is 5.56 Å². The summed E-state index contributed by atoms with van der Waals surface area (Å²) in [6.45, 7) is 5.81. The number of ether oxygens (including phenoxy) is 1. The molecule has 0 aliphatic rings. The van der Waals surface area contributed by atoms with Gasteiger partial charge in [-0.3, -0.25) is 0 Å². The number of benzene rings is 1. The fraction of sp³-hybridized carbons (Fsp3) is 0.562. The Morgan fingerprint density at radius 1 is 1.43 bits per heavy atom. The highest BCUT2D eigenvalue weighted by Crippen LogP contribution is 2.22. The Bertz CT molecular complexity index is 472. The zero-order chi connectivity index (χ0) is 15.9. The van der Waals surface area contributed by atoms with Crippen LogP contribution < -0.4 is 10.5 Å². The molecule has 0 unspecified atom stereocenters. The fourth-order valence-corrected chi connectivity index (χ4v) is 2.22. The van der Waals surface area contributed by atoms with Gasteiger partial charge in [-0.05, 0) is 44.1 Å². The number of oxime groups is 1. The lowest BCUT2D eigenvalue weighted by Crippen LogP contribution is -2.32. The first-order valence-electron chi connectivity index (χ1n) is 7.18. The molecule has 0 saturated carbocycles. The molecule has 1 aromatic rings. The maximum Gasteiger partial charge on any atom is 0.144 e. The Balaban J connectivity index is 2.42. The molecule has 1 rings (SSSR count). The first-order valence-corrected chi connectivity index (χ1v) is 7.18. The molecule has 0 aliphatic carbocycles. The number of hydrogen-bond donors (Lipinski definition) is 2. The van der Waals surface area contributed by atoms with Crippen LogP contribution in [0.5, 0.6) is 5.75 Å². The Hall–Kier alpha value is -1.75. The number of methoxy groups -OCH3 is 1. The fourth-order valence-electron chi connectivity index (χ4n) is 2.22. The standard InChI is InChI=1S/C16H27N3O2/c1-16(2,15(17)18-20)9-6-10-19(3)12-13-7-5-8-14(11-13)21-4/h5,7-8,11,20H,6,9-10,12H2,1-4H3,(H2,17,18). The molecule has 0 amide bonds. The van der Waals surface area contributed by atoms with Crippen LogP contribution in [-0.2, 0) is 6.54 Å². The third-order valence-corrected chi connectivity index (χ3v) is 3.73. The van der Waals surface area contributed by atoms with Crippen molar-refractivity contribution in [3.8, 4) is 5.75 Å². The maximum absolute atomic E-state index is 8.76. The van der Waals surface area contributed by atoms with E-state index in [0.717, 1.165) is 31.7 Å². The van der Waals surface area contributed by atoms with Gasteiger partial charge < -0.3 is 20.6 Å². The van der Waals surface area contributed by atoms with Gasteiger partial charge in [-0.15, -0.1) is 0 Å². The number of amidine groups is 1. The molecule has 5 heteroatoms. The molecular weight excluding hydrogens is 266 g/mol. The van der Waals surface area contributed by atoms with Gasteiger partial charge in [0.2, 0.25) is 0 Å². The van der Waals surface area contributed by atoms with Crippen molar-refractivity contribution in [1.29, 1.82) is 0 Å². The smallest absolute Gasteiger partial charge is 0.144 e. The third kappa shape index (κ3) is 5.63. The summed E-state index contributed by atoms with van der Waals surface area (Å²) in [6, 6.07) is 8.10. The molecular formula is C16H27N3O2. The quantitative estimate of drug-likeness (QED) is 0.334. The van der Waals surface area contributed by atoms with Crippen LogP contribution in [0.1, 0.15) is 32.3 Å². The molecule has 0 aliphatic heterocycles. The summed E-state index contributed by atoms with van der Waals surface area (Å²) in [4.78, 5) is 2.26. The minimum absolute atomic E-state index is 0.272. The summed E-state index contributed by atoms with van der Waals surface area (Å²) in [5.74, 6) is 1.17. The predicted molar refractivity (Wildman–Crippen MR) is 85.8 cm³/mol. The third-order valence-electron chi connectivity index (χ3n) is 3.73. The Kier molecular flexibility index (Phi) is 6.49. The van der Waals surface area contributed by atoms with Gasteiger partial charge in [-0.1, -0.05) is 31.1 Å². The van der Waals surface area contributed by atoms with Crippen molar-refractivity contribution in [3.63, 3.8) is 0 Å². The van der Waals surface area contributed by atoms with Gasteiger partial charge in [0.15, 0.2) is 0 Å². The van der Waals surface area contributed by atoms with Crippen molar-refractivity contribution in [2.45, 2.75) is 33.2 Å². The van der Waals surface area contributed by atoms with Crippen molar-refractivity contribution in [2.24, 2.45) is 16.3 Å². The molecule has 0 heterocycles. The molecule has 5 nitrogen and oxygen atoms in total. The van der Waals surface area contributed by atoms with Crippen molar-refractivity contribution < 1.29 is 9.94 Å². The molecule has 118 valence electrons. The molecule has 0 atom stereocenters. The van der Waals surface area contributed by atoms with Crippen LogP contribution in [0.25, 0.3) is 0 Å². The van der Waals surface area contributed by atoms with Crippen LogP contribution in [0.4, 0.5) is 0 Å². The predicted octanol–water partition coefficient (Wildman–Crippen LogP) is 2.68. The zero-order valence-electron chi connectivity index (χ0n) is 13.5. The Morgan fingerprint density at radius 2 is 2.14 bits per heavy atom. The lowest BCUT2D eigenvalue weighted by molar-refractivity contribution is 0.287. The van der Waals surface area contributed by atoms with E-state index in [1.54, 1.807) is 7.11 Å². The second kappa shape index (κ2) is 7.88. The van der Waals surface area contributed by atoms with E-state index >= 15 is 0 Å². The molecule has 0 bridgehead atoms. The number of nitrogens with two attached hydrogens (primary N) is 1. The largest absolute Gasteiger partial charge is 0.497 e. The summed E-state index contributed by atoms with van der Waals surface area (Å²) in [5, 5.41) is 11.9. The zero-order valence-corrected chi connectivity index (χ0v) is 13.5. The van der Waals surface area contributed by atoms with Crippen LogP contribution in [-0.4, -0.2) is 36.6 Å². The topological polar surface area (TPSA) is 71.1 Å². The van der Waals surface area contributed by atoms with Gasteiger partial charge in [0.25, 0.3) is 0 Å². The molecule has 1 aromatic carbocycles. The van der Waals surface area contributed by atoms with Crippen LogP contribution in [0.3, 0.4) is 0 Å². The molecule has 21 heavy (non-hydrogen) atoms. The van der Waals surface area contributed by atoms with Gasteiger partial charge >= 0.3 is 0 Å². The van der Waals surface area contributed by atoms with Crippen LogP contribution >= 0.6 is 0 Å². The molecule has 0 fully saturated rings. The van der Waals surface area contributed by atoms with E-state index in [4.69, 9.17) is 15.7 Å². The first-order chi connectivity index (χ1) is 9.89. The molecule has 0 spiro atoms. The number of nitrogens with zero attached hydrogens (tertiary/aromatic N) is 2. The average molecular weight is 293 g/mol. The maximum atomic E-state index is 8.76. The van der Waals surface area contributed by atoms with Crippen molar-refractivity contribution in [3.05, 3.63) is 29.8 Å². The van der Waals surface area contributed by atoms with Gasteiger partial charge in [0.05, 0.1) is 7.11 Å². The summed E-state index contributed by atoms with van der Waals surface area (Å²) in [7, 11) is 3.77. The lowest BCUT2D eigenvalue weighted by Gasteiger charge is -2.24. The van der Waals surface area contributed by atoms with E-state index in [0.29, 0.717) is 0 Å². The molecule has 0 saturated heterocycles. The van der Waals surface area contributed by atoms with E-state index in [-0.39, 0.29) is 11.3 Å². The van der Waals surface area contributed by atoms with Gasteiger partial charge in [-0.25, -0.2) is 0 Å². The summed E-state index contributed by atoms with van der Waals surface area (Å²) >= 11 is 0. The van der Waals surface area contributed by atoms with Crippen molar-refractivity contribution in [1.82, 2.24) is 4.90 Å². The Labute approximate surface area is 127 Å². The second-order valence-corrected chi connectivity index (χ2v) is 6.06. The van der Waals surface area contributed by atoms with Crippen molar-refractivity contribution in [2.75, 3.05) is 20.7 Å². The first kappa shape index (κ1) is 17.3. The summed E-state index contributed by atoms with van der Waals surface area (Å²) in [5.41, 5.74) is 6.65. The minimum Gasteiger partial charge on any atom is -0.497 e. The van der Waals surface area contributed by atoms with E-state index in [9.17, 15) is 0 Å². The van der Waals surface area contributed by atoms with E-state index in [1.807, 2.05) is 26.0 Å². The highest BCUT2D eigenvalue weighted by Gasteiger charge is 2.23. The molecule has 0 aromatic heterocycles. The minimum atomic E-state index is -0.272. The monoisotopic (exact) mass is 293 g/mol. The lowest BCUT2D eigenvalue weighted by atomic mass is 9.86. The van der Waals surface area contributed by atoms with Crippen molar-refractivity contribution >= 4 is 5.84 Å². The van der Waals surface area contributed by atoms with Crippen LogP contribution in [0.2, 0.25) is 0 Å². The van der Waals surface area contributed by atoms with Gasteiger partial charge in [0.1, 0.15) is 11.6 Å². The van der Waals surface area contributed by atoms with Gasteiger partial charge in [-0.2, -0.15) is 0 Å². The van der Waals surface area contributed by atoms with Crippen LogP contribution in [0.15, 0.2) is 29.4 Å². The number of rotatable bonds is 8. The summed E-state index contributed by atoms with van der Waals surface area (Å²) in [6.07, 6.45) is 1.87. The highest BCUT2D eigenvalue weighted by atomic mass is 16.5. The van der Waals surface area contributed by atoms with Crippen LogP contribution in [0, 0.1) is 5.41 Å². The normalized spacial score (nSPS) is 12.7. The number of hydrogen-bond acceptors (Lipinski definition) is 4. The van der Waals surface area contributed by atoms with Gasteiger partial charge in [0, 0.05) is 12.0 Å². The average Bonchev–Trinajstić information content (AvgIpc) is 2.46. The SMILES string of the molecule is COc1cccc(CN(C)CCCC(C)(C)C(N)=NO)c1. The molecule has 0 radical (unpaired) electrons. The highest BCUT2D eigenvalue weighted by molar-refractivity contribution is 5.85. The molecule has 3 N–H and O–H groups in total. The van der Waals surface area contributed by atoms with E-state index in [2.05, 4.69) is 29.2 Å². The van der Waals surface area contributed by atoms with E-state index < -0.39 is 0 Å². The summed E-state index contributed by atoms with van der Waals surface area (Å²) < 4.78 is 5.23. The second-order valence-electron chi connectivity index (χ2n) is 6.06. The Morgan fingerprint density at radius 3 is 2.76 bits per heavy atom.